The van der Waals surface area contributed by atoms with E-state index in [9.17, 15) is 0 Å². The Balaban J connectivity index is 1.70. The van der Waals surface area contributed by atoms with Gasteiger partial charge in [0.05, 0.1) is 11.9 Å². The largest absolute Gasteiger partial charge is 0.382 e. The first kappa shape index (κ1) is 17.4. The number of benzene rings is 1. The molecule has 0 saturated carbocycles. The average Bonchev–Trinajstić information content (AvgIpc) is 2.63. The summed E-state index contributed by atoms with van der Waals surface area (Å²) < 4.78 is 0. The number of nitrogens with zero attached hydrogens (tertiary/aromatic N) is 3. The topological polar surface area (TPSA) is 105 Å². The van der Waals surface area contributed by atoms with Gasteiger partial charge in [-0.2, -0.15) is 0 Å². The molecule has 1 aromatic heterocycles. The molecule has 1 fully saturated rings. The van der Waals surface area contributed by atoms with Crippen molar-refractivity contribution in [3.63, 3.8) is 0 Å². The van der Waals surface area contributed by atoms with Crippen LogP contribution in [0.5, 0.6) is 0 Å². The quantitative estimate of drug-likeness (QED) is 0.725. The molecule has 0 radical (unpaired) electrons. The van der Waals surface area contributed by atoms with Crippen LogP contribution in [0.2, 0.25) is 0 Å². The van der Waals surface area contributed by atoms with Crippen LogP contribution in [0.4, 0.5) is 11.6 Å². The lowest BCUT2D eigenvalue weighted by molar-refractivity contribution is 0.258. The second kappa shape index (κ2) is 7.19. The number of hydrogen-bond donors (Lipinski definition) is 3. The van der Waals surface area contributed by atoms with E-state index in [1.807, 2.05) is 30.3 Å². The van der Waals surface area contributed by atoms with Gasteiger partial charge >= 0.3 is 0 Å². The van der Waals surface area contributed by atoms with Crippen LogP contribution in [0.1, 0.15) is 31.0 Å². The minimum atomic E-state index is 0.215. The molecule has 25 heavy (non-hydrogen) atoms. The van der Waals surface area contributed by atoms with Gasteiger partial charge in [-0.25, -0.2) is 9.97 Å². The fourth-order valence-electron chi connectivity index (χ4n) is 3.14. The van der Waals surface area contributed by atoms with Gasteiger partial charge in [-0.3, -0.25) is 0 Å². The monoisotopic (exact) mass is 338 g/mol. The van der Waals surface area contributed by atoms with Crippen LogP contribution in [0, 0.1) is 10.8 Å². The highest BCUT2D eigenvalue weighted by Crippen LogP contribution is 2.31. The highest BCUT2D eigenvalue weighted by atomic mass is 15.2. The molecule has 2 aromatic rings. The molecule has 0 aliphatic carbocycles. The van der Waals surface area contributed by atoms with Crippen LogP contribution >= 0.6 is 0 Å². The van der Waals surface area contributed by atoms with Crippen LogP contribution in [0.25, 0.3) is 0 Å². The maximum absolute atomic E-state index is 8.29. The molecule has 2 heterocycles. The number of aromatic nitrogens is 2. The molecule has 1 aliphatic rings. The van der Waals surface area contributed by atoms with Gasteiger partial charge in [0.25, 0.3) is 0 Å². The van der Waals surface area contributed by atoms with Crippen molar-refractivity contribution in [2.24, 2.45) is 11.1 Å². The molecule has 132 valence electrons. The Morgan fingerprint density at radius 3 is 2.52 bits per heavy atom. The SMILES string of the molecule is CC1(CN)CCN(c2cnc(C(=N)Cc3ccccc3)c(N)n2)CC1. The van der Waals surface area contributed by atoms with E-state index in [-0.39, 0.29) is 5.41 Å². The lowest BCUT2D eigenvalue weighted by Gasteiger charge is -2.39. The van der Waals surface area contributed by atoms with E-state index in [1.165, 1.54) is 0 Å². The van der Waals surface area contributed by atoms with Crippen molar-refractivity contribution in [1.29, 1.82) is 5.41 Å². The van der Waals surface area contributed by atoms with Gasteiger partial charge in [-0.1, -0.05) is 37.3 Å². The van der Waals surface area contributed by atoms with Crippen molar-refractivity contribution in [2.45, 2.75) is 26.2 Å². The number of nitrogens with two attached hydrogens (primary N) is 2. The van der Waals surface area contributed by atoms with Crippen molar-refractivity contribution < 1.29 is 0 Å². The highest BCUT2D eigenvalue weighted by Gasteiger charge is 2.29. The van der Waals surface area contributed by atoms with Crippen molar-refractivity contribution in [2.75, 3.05) is 30.3 Å². The Morgan fingerprint density at radius 2 is 1.92 bits per heavy atom. The van der Waals surface area contributed by atoms with E-state index in [4.69, 9.17) is 16.9 Å². The van der Waals surface area contributed by atoms with Crippen molar-refractivity contribution in [3.8, 4) is 0 Å². The normalized spacial score (nSPS) is 16.6. The number of rotatable bonds is 5. The van der Waals surface area contributed by atoms with E-state index >= 15 is 0 Å². The third kappa shape index (κ3) is 3.96. The minimum Gasteiger partial charge on any atom is -0.382 e. The third-order valence-corrected chi connectivity index (χ3v) is 5.08. The summed E-state index contributed by atoms with van der Waals surface area (Å²) in [5.74, 6) is 1.11. The number of nitrogen functional groups attached to an aromatic ring is 1. The van der Waals surface area contributed by atoms with Gasteiger partial charge in [0.1, 0.15) is 11.5 Å². The van der Waals surface area contributed by atoms with Crippen molar-refractivity contribution in [1.82, 2.24) is 9.97 Å². The predicted octanol–water partition coefficient (Wildman–Crippen LogP) is 2.23. The van der Waals surface area contributed by atoms with Crippen molar-refractivity contribution >= 4 is 17.3 Å². The summed E-state index contributed by atoms with van der Waals surface area (Å²) in [5.41, 5.74) is 14.1. The second-order valence-electron chi connectivity index (χ2n) is 7.10. The molecular formula is C19H26N6. The summed E-state index contributed by atoms with van der Waals surface area (Å²) in [6.45, 7) is 4.76. The first-order valence-electron chi connectivity index (χ1n) is 8.70. The Hall–Kier alpha value is -2.47. The summed E-state index contributed by atoms with van der Waals surface area (Å²) in [6.07, 6.45) is 4.31. The van der Waals surface area contributed by atoms with Gasteiger partial charge < -0.3 is 21.8 Å². The molecule has 6 heteroatoms. The van der Waals surface area contributed by atoms with E-state index in [0.29, 0.717) is 30.2 Å². The molecule has 1 saturated heterocycles. The second-order valence-corrected chi connectivity index (χ2v) is 7.10. The molecule has 0 unspecified atom stereocenters. The molecule has 0 spiro atoms. The fraction of sp³-hybridized carbons (Fsp3) is 0.421. The molecule has 3 rings (SSSR count). The van der Waals surface area contributed by atoms with Gasteiger partial charge in [0.2, 0.25) is 0 Å². The summed E-state index contributed by atoms with van der Waals surface area (Å²) in [7, 11) is 0. The maximum atomic E-state index is 8.29. The molecule has 0 amide bonds. The molecule has 6 nitrogen and oxygen atoms in total. The molecule has 0 bridgehead atoms. The number of piperidine rings is 1. The number of anilines is 2. The van der Waals surface area contributed by atoms with E-state index in [0.717, 1.165) is 37.3 Å². The molecular weight excluding hydrogens is 312 g/mol. The first-order chi connectivity index (χ1) is 12.0. The van der Waals surface area contributed by atoms with Crippen LogP contribution < -0.4 is 16.4 Å². The Morgan fingerprint density at radius 1 is 1.24 bits per heavy atom. The molecule has 1 aromatic carbocycles. The Labute approximate surface area is 148 Å². The molecule has 5 N–H and O–H groups in total. The van der Waals surface area contributed by atoms with Crippen LogP contribution in [-0.2, 0) is 6.42 Å². The van der Waals surface area contributed by atoms with Crippen LogP contribution in [0.15, 0.2) is 36.5 Å². The van der Waals surface area contributed by atoms with Crippen LogP contribution in [0.3, 0.4) is 0 Å². The highest BCUT2D eigenvalue weighted by molar-refractivity contribution is 6.01. The van der Waals surface area contributed by atoms with Gasteiger partial charge in [-0.15, -0.1) is 0 Å². The molecule has 0 atom stereocenters. The standard InChI is InChI=1S/C19H26N6/c1-19(13-20)7-9-25(10-8-19)16-12-23-17(18(22)24-16)15(21)11-14-5-3-2-4-6-14/h2-6,12,21H,7-11,13,20H2,1H3,(H2,22,24). The Kier molecular flexibility index (Phi) is 4.99. The zero-order chi connectivity index (χ0) is 17.9. The number of hydrogen-bond acceptors (Lipinski definition) is 6. The predicted molar refractivity (Wildman–Crippen MR) is 102 cm³/mol. The van der Waals surface area contributed by atoms with Crippen LogP contribution in [-0.4, -0.2) is 35.3 Å². The smallest absolute Gasteiger partial charge is 0.153 e. The van der Waals surface area contributed by atoms with E-state index in [1.54, 1.807) is 6.20 Å². The summed E-state index contributed by atoms with van der Waals surface area (Å²) in [6, 6.07) is 9.88. The summed E-state index contributed by atoms with van der Waals surface area (Å²) in [5, 5.41) is 8.29. The summed E-state index contributed by atoms with van der Waals surface area (Å²) >= 11 is 0. The van der Waals surface area contributed by atoms with Gasteiger partial charge in [-0.05, 0) is 30.4 Å². The first-order valence-corrected chi connectivity index (χ1v) is 8.70. The number of nitrogens with one attached hydrogen (secondary N) is 1. The third-order valence-electron chi connectivity index (χ3n) is 5.08. The van der Waals surface area contributed by atoms with Gasteiger partial charge in [0.15, 0.2) is 5.82 Å². The average molecular weight is 338 g/mol. The van der Waals surface area contributed by atoms with E-state index in [2.05, 4.69) is 21.8 Å². The Bertz CT molecular complexity index is 735. The van der Waals surface area contributed by atoms with Crippen molar-refractivity contribution in [3.05, 3.63) is 47.8 Å². The summed E-state index contributed by atoms with van der Waals surface area (Å²) in [4.78, 5) is 11.1. The van der Waals surface area contributed by atoms with Gasteiger partial charge in [0, 0.05) is 19.5 Å². The minimum absolute atomic E-state index is 0.215. The zero-order valence-corrected chi connectivity index (χ0v) is 14.7. The molecule has 1 aliphatic heterocycles. The fourth-order valence-corrected chi connectivity index (χ4v) is 3.14. The maximum Gasteiger partial charge on any atom is 0.153 e. The lowest BCUT2D eigenvalue weighted by atomic mass is 9.80. The lowest BCUT2D eigenvalue weighted by Crippen LogP contribution is -2.42. The zero-order valence-electron chi connectivity index (χ0n) is 14.7. The van der Waals surface area contributed by atoms with E-state index < -0.39 is 0 Å².